The van der Waals surface area contributed by atoms with Crippen LogP contribution in [0.2, 0.25) is 0 Å². The van der Waals surface area contributed by atoms with Crippen LogP contribution in [-0.2, 0) is 119 Å². The van der Waals surface area contributed by atoms with E-state index in [1.165, 1.54) is 21.3 Å². The number of rotatable bonds is 57. The molecule has 598 valence electrons. The molecule has 0 radical (unpaired) electrons. The second kappa shape index (κ2) is 79.2. The van der Waals surface area contributed by atoms with Gasteiger partial charge >= 0.3 is 62.6 Å². The van der Waals surface area contributed by atoms with Crippen molar-refractivity contribution in [3.8, 4) is 0 Å². The first-order valence-electron chi connectivity index (χ1n) is 31.7. The van der Waals surface area contributed by atoms with Crippen LogP contribution in [0, 0.1) is 0 Å². The third kappa shape index (κ3) is 130. The zero-order valence-electron chi connectivity index (χ0n) is 59.1. The van der Waals surface area contributed by atoms with Gasteiger partial charge in [0, 0.05) is 41.2 Å². The Hall–Kier alpha value is 0.640. The maximum Gasteiger partial charge on any atom is 0.472 e. The summed E-state index contributed by atoms with van der Waals surface area (Å²) in [6.45, 7) is 22.2. The van der Waals surface area contributed by atoms with Gasteiger partial charge in [0.25, 0.3) is 0 Å². The van der Waals surface area contributed by atoms with Crippen molar-refractivity contribution in [3.63, 3.8) is 0 Å². The highest BCUT2D eigenvalue weighted by Gasteiger charge is 2.23. The number of ether oxygens (including phenoxy) is 6. The van der Waals surface area contributed by atoms with E-state index in [0.29, 0.717) is 39.5 Å². The molecule has 46 heteroatoms. The molecule has 0 aromatic heterocycles. The molecule has 0 aromatic rings. The number of unbranched alkanes of at least 4 members (excludes halogenated alkanes) is 12. The molecule has 0 aromatic carbocycles. The van der Waals surface area contributed by atoms with Gasteiger partial charge in [-0.15, -0.1) is 0 Å². The summed E-state index contributed by atoms with van der Waals surface area (Å²) in [6, 6.07) is 0. The van der Waals surface area contributed by atoms with Crippen LogP contribution >= 0.6 is 62.6 Å². The molecule has 0 heterocycles. The van der Waals surface area contributed by atoms with E-state index in [1.807, 2.05) is 34.6 Å². The fourth-order valence-electron chi connectivity index (χ4n) is 5.04. The number of hydrogen-bond acceptors (Lipinski definition) is 26. The van der Waals surface area contributed by atoms with Crippen LogP contribution in [0.5, 0.6) is 0 Å². The van der Waals surface area contributed by atoms with Crippen LogP contribution in [0.1, 0.15) is 178 Å². The van der Waals surface area contributed by atoms with Gasteiger partial charge in [0.05, 0.1) is 119 Å². The Morgan fingerprint density at radius 1 is 0.196 bits per heavy atom. The summed E-state index contributed by atoms with van der Waals surface area (Å²) in [6.07, 6.45) is 17.1. The lowest BCUT2D eigenvalue weighted by Gasteiger charge is -2.11. The van der Waals surface area contributed by atoms with Crippen molar-refractivity contribution in [3.05, 3.63) is 0 Å². The topological polar surface area (TPSA) is 545 Å². The molecule has 0 atom stereocenters. The monoisotopic (exact) mass is 1590 g/mol. The predicted molar refractivity (Wildman–Crippen MR) is 361 cm³/mol. The molecule has 38 nitrogen and oxygen atoms in total. The summed E-state index contributed by atoms with van der Waals surface area (Å²) in [5, 5.41) is 0. The zero-order chi connectivity index (χ0) is 76.3. The van der Waals surface area contributed by atoms with Crippen molar-refractivity contribution >= 4 is 62.6 Å². The largest absolute Gasteiger partial charge is 0.472 e. The lowest BCUT2D eigenvalue weighted by molar-refractivity contribution is 0.0637. The second-order valence-electron chi connectivity index (χ2n) is 18.6. The number of phosphoric acid groups is 8. The molecule has 0 aliphatic rings. The van der Waals surface area contributed by atoms with Crippen LogP contribution in [-0.4, -0.2) is 219 Å². The average Bonchev–Trinajstić information content (AvgIpc) is 1.79. The van der Waals surface area contributed by atoms with Crippen molar-refractivity contribution in [1.82, 2.24) is 0 Å². The minimum absolute atomic E-state index is 0.0251. The molecular weight excluding hydrogens is 1470 g/mol. The smallest absolute Gasteiger partial charge is 0.382 e. The summed E-state index contributed by atoms with van der Waals surface area (Å²) >= 11 is 0. The third-order valence-electron chi connectivity index (χ3n) is 9.72. The third-order valence-corrected chi connectivity index (χ3v) is 15.9. The lowest BCUT2D eigenvalue weighted by Crippen LogP contribution is -2.07. The Morgan fingerprint density at radius 3 is 0.567 bits per heavy atom. The molecule has 0 aliphatic carbocycles. The van der Waals surface area contributed by atoms with Crippen molar-refractivity contribution in [2.75, 3.05) is 160 Å². The summed E-state index contributed by atoms with van der Waals surface area (Å²) in [7, 11) is -28.0. The molecular formula is C51H126O38P8. The molecule has 97 heavy (non-hydrogen) atoms. The summed E-state index contributed by atoms with van der Waals surface area (Å²) in [5.74, 6) is 0. The van der Waals surface area contributed by atoms with Gasteiger partial charge in [0.15, 0.2) is 0 Å². The maximum atomic E-state index is 11.4. The van der Waals surface area contributed by atoms with Gasteiger partial charge in [-0.3, -0.25) is 54.3 Å². The second-order valence-corrected chi connectivity index (χ2v) is 29.4. The van der Waals surface area contributed by atoms with Crippen LogP contribution in [0.4, 0.5) is 0 Å². The highest BCUT2D eigenvalue weighted by atomic mass is 31.2. The zero-order valence-corrected chi connectivity index (χ0v) is 66.3. The van der Waals surface area contributed by atoms with Crippen molar-refractivity contribution in [1.29, 1.82) is 0 Å². The van der Waals surface area contributed by atoms with Gasteiger partial charge in [-0.2, -0.15) is 0 Å². The lowest BCUT2D eigenvalue weighted by atomic mass is 10.2. The molecule has 0 spiro atoms. The molecule has 0 saturated carbocycles. The van der Waals surface area contributed by atoms with Crippen LogP contribution in [0.3, 0.4) is 0 Å². The summed E-state index contributed by atoms with van der Waals surface area (Å²) in [4.78, 5) is 102. The molecule has 0 aliphatic heterocycles. The quantitative estimate of drug-likeness (QED) is 0.0199. The van der Waals surface area contributed by atoms with Gasteiger partial charge < -0.3 is 87.1 Å². The van der Waals surface area contributed by atoms with Crippen LogP contribution in [0.25, 0.3) is 0 Å². The highest BCUT2D eigenvalue weighted by Crippen LogP contribution is 2.46. The van der Waals surface area contributed by atoms with E-state index in [2.05, 4.69) is 71.2 Å². The highest BCUT2D eigenvalue weighted by molar-refractivity contribution is 7.48. The van der Waals surface area contributed by atoms with Gasteiger partial charge in [-0.1, -0.05) is 119 Å². The number of hydrogen-bond donors (Lipinski definition) is 12. The molecule has 0 unspecified atom stereocenters. The molecule has 0 bridgehead atoms. The van der Waals surface area contributed by atoms with Crippen molar-refractivity contribution < 1.29 is 178 Å². The Kier molecular flexibility index (Phi) is 92.7. The number of phosphoric ester groups is 8. The van der Waals surface area contributed by atoms with Gasteiger partial charge in [0.1, 0.15) is 0 Å². The minimum atomic E-state index is -4.29. The maximum absolute atomic E-state index is 11.4. The van der Waals surface area contributed by atoms with E-state index in [1.54, 1.807) is 6.92 Å². The molecule has 0 rings (SSSR count). The van der Waals surface area contributed by atoms with Crippen molar-refractivity contribution in [2.45, 2.75) is 178 Å². The average molecular weight is 1600 g/mol. The van der Waals surface area contributed by atoms with E-state index >= 15 is 0 Å². The van der Waals surface area contributed by atoms with Gasteiger partial charge in [-0.05, 0) is 59.3 Å². The first-order valence-corrected chi connectivity index (χ1v) is 43.8. The van der Waals surface area contributed by atoms with E-state index in [0.717, 1.165) is 109 Å². The predicted octanol–water partition coefficient (Wildman–Crippen LogP) is 11.1. The van der Waals surface area contributed by atoms with E-state index in [4.69, 9.17) is 86.1 Å². The first kappa shape index (κ1) is 113. The Balaban J connectivity index is -0.000000157. The fourth-order valence-corrected chi connectivity index (χ4v) is 9.35. The molecule has 0 fully saturated rings. The summed E-state index contributed by atoms with van der Waals surface area (Å²) in [5.41, 5.74) is 0. The van der Waals surface area contributed by atoms with Crippen LogP contribution < -0.4 is 0 Å². The minimum Gasteiger partial charge on any atom is -0.382 e. The normalized spacial score (nSPS) is 11.9. The summed E-state index contributed by atoms with van der Waals surface area (Å²) < 4.78 is 167. The van der Waals surface area contributed by atoms with Gasteiger partial charge in [-0.25, -0.2) is 36.5 Å². The SMILES string of the molecule is CCCCCCOP(=O)(O)O.CCCCCCOP(=O)(O)OCCCCCC.CCCCOP(=O)(O)O.CCCCOP(=O)(O)OCCCC.CCOCCOP(=O)(O)O.CCOCCOP(=O)(O)OCCOCC.COCCOP(=O)(O)O.COCCOP(=O)(O)OCCOC. The standard InChI is InChI=1S/C12H27O4P.C8H19O6P.C8H19O4P.C6H15O6P.C6H15O4P.C4H11O5P.C4H11O4P.C3H9O5P/c1-3-5-7-9-11-15-17(13,14)16-12-10-8-6-4-2;1-3-11-5-7-13-15(9,10)14-8-6-12-4-2;1-3-5-7-11-13(9,10)12-8-6-4-2;1-9-3-5-11-13(7,8)12-6-4-10-2;1-2-3-4-5-6-10-11(7,8)9;1-2-8-3-4-9-10(5,6)7;1-2-3-4-8-9(5,6)7;1-7-2-3-8-9(4,5)6/h3-12H2,1-2H3,(H,13,14);3-8H2,1-2H3,(H,9,10);3-8H2,1-2H3,(H,9,10);3-6H2,1-2H3,(H,7,8);2-6H2,1H3,(H2,7,8,9);2-4H2,1H3,(H2,5,6,7);2-4H2,1H3,(H2,5,6,7);2-3H2,1H3,(H2,4,5,6). The Morgan fingerprint density at radius 2 is 0.361 bits per heavy atom. The number of methoxy groups -OCH3 is 3. The fraction of sp³-hybridized carbons (Fsp3) is 1.00. The Labute approximate surface area is 576 Å². The Bertz CT molecular complexity index is 1870. The van der Waals surface area contributed by atoms with E-state index in [-0.39, 0.29) is 106 Å². The molecule has 0 amide bonds. The van der Waals surface area contributed by atoms with Gasteiger partial charge in [0.2, 0.25) is 0 Å². The van der Waals surface area contributed by atoms with Crippen LogP contribution in [0.15, 0.2) is 0 Å². The molecule has 0 saturated heterocycles. The molecule has 12 N–H and O–H groups in total. The van der Waals surface area contributed by atoms with E-state index in [9.17, 15) is 41.4 Å². The van der Waals surface area contributed by atoms with E-state index < -0.39 is 62.6 Å². The van der Waals surface area contributed by atoms with Crippen molar-refractivity contribution in [2.24, 2.45) is 0 Å². The first-order chi connectivity index (χ1) is 45.2.